The minimum absolute atomic E-state index is 0.0531. The monoisotopic (exact) mass is 579 g/mol. The van der Waals surface area contributed by atoms with Gasteiger partial charge in [-0.3, -0.25) is 14.4 Å². The van der Waals surface area contributed by atoms with Crippen LogP contribution >= 0.6 is 11.8 Å². The SMILES string of the molecule is CSc1cccc(NC(=O)[C@@H]2[C@@H]3C=C[C@]4(O3)[C@@H]2C(=O)N([C@@H]2CCC[C@H](C)[C@@H]2C)[C@H]4C(=O)N[C@@H]2CCC[C@H](C)[C@@H]2C)c1. The number of fused-ring (bicyclic) bond motifs is 1. The summed E-state index contributed by atoms with van der Waals surface area (Å²) in [6, 6.07) is 6.98. The lowest BCUT2D eigenvalue weighted by Gasteiger charge is -2.44. The van der Waals surface area contributed by atoms with Gasteiger partial charge in [-0.1, -0.05) is 71.6 Å². The van der Waals surface area contributed by atoms with Gasteiger partial charge in [-0.15, -0.1) is 11.8 Å². The second-order valence-electron chi connectivity index (χ2n) is 13.4. The minimum atomic E-state index is -1.13. The van der Waals surface area contributed by atoms with Crippen molar-refractivity contribution in [2.45, 2.75) is 101 Å². The Balaban J connectivity index is 1.34. The molecule has 1 aromatic carbocycles. The standard InChI is InChI=1S/C33H45N3O4S/c1-18-9-6-13-24(20(18)3)35-31(38)29-33-16-15-26(40-33)27(30(37)34-22-11-8-12-23(17-22)41-5)28(33)32(39)36(29)25-14-7-10-19(2)21(25)4/h8,11-12,15-21,24-29H,6-7,9-10,13-14H2,1-5H3,(H,34,37)(H,35,38)/t18-,19-,20-,21-,24+,25+,26-,27+,28-,29-,33-/m0/s1. The third-order valence-electron chi connectivity index (χ3n) is 11.3. The lowest BCUT2D eigenvalue weighted by molar-refractivity contribution is -0.146. The van der Waals surface area contributed by atoms with Crippen LogP contribution in [0, 0.1) is 35.5 Å². The van der Waals surface area contributed by atoms with Crippen molar-refractivity contribution in [2.24, 2.45) is 35.5 Å². The fourth-order valence-corrected chi connectivity index (χ4v) is 8.94. The van der Waals surface area contributed by atoms with Crippen LogP contribution in [0.5, 0.6) is 0 Å². The number of anilines is 1. The van der Waals surface area contributed by atoms with Crippen LogP contribution in [0.4, 0.5) is 5.69 Å². The molecular formula is C33H45N3O4S. The summed E-state index contributed by atoms with van der Waals surface area (Å²) in [7, 11) is 0. The van der Waals surface area contributed by atoms with E-state index in [-0.39, 0.29) is 35.7 Å². The fraction of sp³-hybridized carbons (Fsp3) is 0.667. The number of nitrogens with zero attached hydrogens (tertiary/aromatic N) is 1. The number of ether oxygens (including phenoxy) is 1. The molecule has 2 saturated heterocycles. The largest absolute Gasteiger partial charge is 0.359 e. The summed E-state index contributed by atoms with van der Waals surface area (Å²) in [5.74, 6) is -0.239. The number of amides is 3. The highest BCUT2D eigenvalue weighted by atomic mass is 32.2. The molecule has 8 heteroatoms. The molecule has 11 atom stereocenters. The molecule has 0 unspecified atom stereocenters. The highest BCUT2D eigenvalue weighted by molar-refractivity contribution is 7.98. The average molecular weight is 580 g/mol. The molecule has 5 aliphatic rings. The molecule has 3 heterocycles. The van der Waals surface area contributed by atoms with Crippen molar-refractivity contribution in [1.82, 2.24) is 10.2 Å². The number of benzene rings is 1. The molecule has 41 heavy (non-hydrogen) atoms. The number of nitrogens with one attached hydrogen (secondary N) is 2. The van der Waals surface area contributed by atoms with E-state index in [1.54, 1.807) is 11.8 Å². The highest BCUT2D eigenvalue weighted by Crippen LogP contribution is 2.57. The first-order chi connectivity index (χ1) is 19.7. The van der Waals surface area contributed by atoms with E-state index < -0.39 is 29.6 Å². The van der Waals surface area contributed by atoms with Gasteiger partial charge in [0, 0.05) is 22.7 Å². The summed E-state index contributed by atoms with van der Waals surface area (Å²) < 4.78 is 6.63. The van der Waals surface area contributed by atoms with Gasteiger partial charge in [0.25, 0.3) is 0 Å². The van der Waals surface area contributed by atoms with Crippen LogP contribution in [0.15, 0.2) is 41.3 Å². The molecule has 0 aromatic heterocycles. The van der Waals surface area contributed by atoms with Crippen LogP contribution in [-0.4, -0.2) is 58.7 Å². The molecule has 2 saturated carbocycles. The van der Waals surface area contributed by atoms with Gasteiger partial charge in [0.05, 0.1) is 17.9 Å². The normalized spacial score (nSPS) is 41.4. The van der Waals surface area contributed by atoms with Crippen molar-refractivity contribution in [1.29, 1.82) is 0 Å². The molecule has 7 nitrogen and oxygen atoms in total. The van der Waals surface area contributed by atoms with Gasteiger partial charge in [0.15, 0.2) is 0 Å². The first kappa shape index (κ1) is 28.8. The zero-order valence-corrected chi connectivity index (χ0v) is 25.8. The summed E-state index contributed by atoms with van der Waals surface area (Å²) in [5.41, 5.74) is -0.423. The first-order valence-electron chi connectivity index (χ1n) is 15.6. The lowest BCUT2D eigenvalue weighted by atomic mass is 9.73. The number of rotatable bonds is 6. The van der Waals surface area contributed by atoms with Gasteiger partial charge < -0.3 is 20.3 Å². The molecule has 2 aliphatic carbocycles. The molecule has 222 valence electrons. The zero-order valence-electron chi connectivity index (χ0n) is 25.0. The first-order valence-corrected chi connectivity index (χ1v) is 16.8. The summed E-state index contributed by atoms with van der Waals surface area (Å²) in [6.45, 7) is 8.95. The molecule has 1 spiro atoms. The van der Waals surface area contributed by atoms with E-state index in [1.165, 1.54) is 6.42 Å². The lowest BCUT2D eigenvalue weighted by Crippen LogP contribution is -2.61. The third kappa shape index (κ3) is 4.73. The zero-order chi connectivity index (χ0) is 29.1. The van der Waals surface area contributed by atoms with Gasteiger partial charge in [0.1, 0.15) is 11.6 Å². The molecule has 2 N–H and O–H groups in total. The molecule has 3 amide bonds. The topological polar surface area (TPSA) is 87.7 Å². The predicted molar refractivity (Wildman–Crippen MR) is 161 cm³/mol. The summed E-state index contributed by atoms with van der Waals surface area (Å²) in [4.78, 5) is 45.7. The Morgan fingerprint density at radius 2 is 1.73 bits per heavy atom. The van der Waals surface area contributed by atoms with E-state index in [9.17, 15) is 14.4 Å². The number of likely N-dealkylation sites (tertiary alicyclic amines) is 1. The Hall–Kier alpha value is -2.32. The molecule has 1 aromatic rings. The number of thioether (sulfide) groups is 1. The van der Waals surface area contributed by atoms with E-state index in [2.05, 4.69) is 38.3 Å². The van der Waals surface area contributed by atoms with Crippen LogP contribution in [-0.2, 0) is 19.1 Å². The van der Waals surface area contributed by atoms with Crippen molar-refractivity contribution in [2.75, 3.05) is 11.6 Å². The Bertz CT molecular complexity index is 1240. The van der Waals surface area contributed by atoms with Gasteiger partial charge in [-0.05, 0) is 61.0 Å². The summed E-state index contributed by atoms with van der Waals surface area (Å²) in [6.07, 6.45) is 11.6. The van der Waals surface area contributed by atoms with Crippen molar-refractivity contribution >= 4 is 35.2 Å². The molecule has 3 aliphatic heterocycles. The Labute approximate surface area is 248 Å². The fourth-order valence-electron chi connectivity index (χ4n) is 8.48. The number of carbonyl (C=O) groups excluding carboxylic acids is 3. The van der Waals surface area contributed by atoms with Gasteiger partial charge in [0.2, 0.25) is 17.7 Å². The quantitative estimate of drug-likeness (QED) is 0.355. The molecule has 6 rings (SSSR count). The highest BCUT2D eigenvalue weighted by Gasteiger charge is 2.73. The van der Waals surface area contributed by atoms with Crippen LogP contribution in [0.3, 0.4) is 0 Å². The van der Waals surface area contributed by atoms with Gasteiger partial charge in [-0.25, -0.2) is 0 Å². The van der Waals surface area contributed by atoms with Gasteiger partial charge >= 0.3 is 0 Å². The van der Waals surface area contributed by atoms with E-state index in [0.29, 0.717) is 23.4 Å². The van der Waals surface area contributed by atoms with Crippen LogP contribution in [0.2, 0.25) is 0 Å². The number of hydrogen-bond donors (Lipinski definition) is 2. The molecular weight excluding hydrogens is 534 g/mol. The van der Waals surface area contributed by atoms with E-state index in [4.69, 9.17) is 4.74 Å². The molecule has 4 fully saturated rings. The molecule has 0 radical (unpaired) electrons. The maximum atomic E-state index is 14.6. The second-order valence-corrected chi connectivity index (χ2v) is 14.3. The van der Waals surface area contributed by atoms with Gasteiger partial charge in [-0.2, -0.15) is 0 Å². The van der Waals surface area contributed by atoms with Crippen molar-refractivity contribution in [3.8, 4) is 0 Å². The Morgan fingerprint density at radius 3 is 2.49 bits per heavy atom. The van der Waals surface area contributed by atoms with Crippen LogP contribution < -0.4 is 10.6 Å². The molecule has 2 bridgehead atoms. The average Bonchev–Trinajstić information content (AvgIpc) is 3.60. The van der Waals surface area contributed by atoms with Crippen LogP contribution in [0.1, 0.15) is 66.2 Å². The van der Waals surface area contributed by atoms with Crippen molar-refractivity contribution < 1.29 is 19.1 Å². The van der Waals surface area contributed by atoms with E-state index in [0.717, 1.165) is 37.0 Å². The number of carbonyl (C=O) groups is 3. The van der Waals surface area contributed by atoms with Crippen molar-refractivity contribution in [3.63, 3.8) is 0 Å². The van der Waals surface area contributed by atoms with Crippen molar-refractivity contribution in [3.05, 3.63) is 36.4 Å². The number of hydrogen-bond acceptors (Lipinski definition) is 5. The predicted octanol–water partition coefficient (Wildman–Crippen LogP) is 5.26. The summed E-state index contributed by atoms with van der Waals surface area (Å²) >= 11 is 1.61. The summed E-state index contributed by atoms with van der Waals surface area (Å²) in [5, 5.41) is 6.46. The minimum Gasteiger partial charge on any atom is -0.359 e. The Kier molecular flexibility index (Phi) is 7.77. The maximum absolute atomic E-state index is 14.6. The smallest absolute Gasteiger partial charge is 0.246 e. The maximum Gasteiger partial charge on any atom is 0.246 e. The van der Waals surface area contributed by atoms with Crippen LogP contribution in [0.25, 0.3) is 0 Å². The Morgan fingerprint density at radius 1 is 1.00 bits per heavy atom. The third-order valence-corrected chi connectivity index (χ3v) is 12.0. The second kappa shape index (κ2) is 11.1. The van der Waals surface area contributed by atoms with E-state index in [1.807, 2.05) is 47.6 Å². The van der Waals surface area contributed by atoms with E-state index >= 15 is 0 Å².